The number of aliphatic hydroxyl groups excluding tert-OH is 2. The Morgan fingerprint density at radius 2 is 1.92 bits per heavy atom. The van der Waals surface area contributed by atoms with Gasteiger partial charge < -0.3 is 19.7 Å². The smallest absolute Gasteiger partial charge is 0.330 e. The van der Waals surface area contributed by atoms with Crippen molar-refractivity contribution < 1.29 is 24.5 Å². The maximum absolute atomic E-state index is 11.7. The van der Waals surface area contributed by atoms with Crippen molar-refractivity contribution in [3.05, 3.63) is 35.4 Å². The number of methoxy groups -OCH3 is 1. The van der Waals surface area contributed by atoms with E-state index in [2.05, 4.69) is 6.92 Å². The quantitative estimate of drug-likeness (QED) is 0.318. The number of rotatable bonds is 13. The third-order valence-electron chi connectivity index (χ3n) is 4.18. The molecule has 5 heteroatoms. The molecule has 0 aliphatic rings. The topological polar surface area (TPSA) is 76.0 Å². The summed E-state index contributed by atoms with van der Waals surface area (Å²) in [4.78, 5) is 11.7. The summed E-state index contributed by atoms with van der Waals surface area (Å²) in [5.41, 5.74) is 2.10. The molecule has 0 spiro atoms. The van der Waals surface area contributed by atoms with Gasteiger partial charge in [-0.3, -0.25) is 0 Å². The molecule has 0 saturated heterocycles. The summed E-state index contributed by atoms with van der Waals surface area (Å²) in [7, 11) is 1.64. The molecule has 0 radical (unpaired) electrons. The van der Waals surface area contributed by atoms with Crippen molar-refractivity contribution in [2.75, 3.05) is 20.3 Å². The second-order valence-corrected chi connectivity index (χ2v) is 6.38. The van der Waals surface area contributed by atoms with E-state index in [9.17, 15) is 9.90 Å². The average Bonchev–Trinajstić information content (AvgIpc) is 2.67. The van der Waals surface area contributed by atoms with Crippen LogP contribution < -0.4 is 4.74 Å². The first-order valence-electron chi connectivity index (χ1n) is 9.41. The van der Waals surface area contributed by atoms with Gasteiger partial charge in [-0.25, -0.2) is 4.79 Å². The van der Waals surface area contributed by atoms with Crippen LogP contribution in [0.1, 0.15) is 56.6 Å². The largest absolute Gasteiger partial charge is 0.497 e. The summed E-state index contributed by atoms with van der Waals surface area (Å²) in [5.74, 6) is 0.260. The van der Waals surface area contributed by atoms with Gasteiger partial charge in [-0.15, -0.1) is 0 Å². The highest BCUT2D eigenvalue weighted by molar-refractivity contribution is 5.87. The van der Waals surface area contributed by atoms with Gasteiger partial charge in [0.25, 0.3) is 0 Å². The van der Waals surface area contributed by atoms with Gasteiger partial charge in [0.15, 0.2) is 0 Å². The lowest BCUT2D eigenvalue weighted by molar-refractivity contribution is -0.141. The summed E-state index contributed by atoms with van der Waals surface area (Å²) in [6, 6.07) is 5.80. The molecule has 0 aliphatic carbocycles. The Labute approximate surface area is 156 Å². The van der Waals surface area contributed by atoms with Crippen LogP contribution in [-0.2, 0) is 16.0 Å². The number of carbonyl (C=O) groups is 1. The minimum Gasteiger partial charge on any atom is -0.497 e. The number of hydrogen-bond acceptors (Lipinski definition) is 5. The van der Waals surface area contributed by atoms with Crippen molar-refractivity contribution in [3.63, 3.8) is 0 Å². The molecule has 0 heterocycles. The third kappa shape index (κ3) is 9.02. The molecule has 0 fully saturated rings. The zero-order valence-corrected chi connectivity index (χ0v) is 15.9. The summed E-state index contributed by atoms with van der Waals surface area (Å²) in [5, 5.41) is 17.9. The molecular weight excluding hydrogens is 332 g/mol. The van der Waals surface area contributed by atoms with Gasteiger partial charge in [0.2, 0.25) is 0 Å². The second kappa shape index (κ2) is 13.4. The highest BCUT2D eigenvalue weighted by Gasteiger charge is 2.06. The number of aliphatic hydroxyl groups is 2. The third-order valence-corrected chi connectivity index (χ3v) is 4.18. The van der Waals surface area contributed by atoms with Gasteiger partial charge in [0.05, 0.1) is 13.7 Å². The summed E-state index contributed by atoms with van der Waals surface area (Å²) >= 11 is 0. The number of unbranched alkanes of at least 4 members (excludes halogenated alkanes) is 5. The van der Waals surface area contributed by atoms with Gasteiger partial charge in [0.1, 0.15) is 18.5 Å². The van der Waals surface area contributed by atoms with Crippen LogP contribution in [0.4, 0.5) is 0 Å². The van der Waals surface area contributed by atoms with Crippen LogP contribution in [0.3, 0.4) is 0 Å². The number of carbonyl (C=O) groups excluding carboxylic acids is 1. The molecule has 1 atom stereocenters. The summed E-state index contributed by atoms with van der Waals surface area (Å²) in [6.45, 7) is 1.56. The number of aryl methyl sites for hydroxylation is 1. The van der Waals surface area contributed by atoms with E-state index in [0.29, 0.717) is 0 Å². The van der Waals surface area contributed by atoms with Crippen LogP contribution >= 0.6 is 0 Å². The molecule has 1 aromatic rings. The van der Waals surface area contributed by atoms with Crippen LogP contribution in [-0.4, -0.2) is 42.6 Å². The fourth-order valence-corrected chi connectivity index (χ4v) is 2.62. The molecule has 0 aromatic heterocycles. The Kier molecular flexibility index (Phi) is 11.4. The first-order chi connectivity index (χ1) is 12.6. The fraction of sp³-hybridized carbons (Fsp3) is 0.571. The van der Waals surface area contributed by atoms with Crippen molar-refractivity contribution in [1.82, 2.24) is 0 Å². The number of benzene rings is 1. The van der Waals surface area contributed by atoms with E-state index in [1.807, 2.05) is 18.2 Å². The maximum Gasteiger partial charge on any atom is 0.330 e. The van der Waals surface area contributed by atoms with Crippen molar-refractivity contribution in [3.8, 4) is 5.75 Å². The van der Waals surface area contributed by atoms with E-state index in [1.165, 1.54) is 38.2 Å². The molecule has 5 nitrogen and oxygen atoms in total. The van der Waals surface area contributed by atoms with E-state index < -0.39 is 18.7 Å². The first-order valence-corrected chi connectivity index (χ1v) is 9.41. The Morgan fingerprint density at radius 3 is 2.62 bits per heavy atom. The zero-order chi connectivity index (χ0) is 19.2. The van der Waals surface area contributed by atoms with Gasteiger partial charge in [-0.2, -0.15) is 0 Å². The predicted molar refractivity (Wildman–Crippen MR) is 103 cm³/mol. The first kappa shape index (κ1) is 22.2. The molecule has 2 N–H and O–H groups in total. The standard InChI is InChI=1S/C21H32O5/c1-3-4-5-6-7-8-9-18-14-20(25-2)12-10-17(18)11-13-21(24)26-16-19(23)15-22/h10-14,19,22-23H,3-9,15-16H2,1-2H3. The van der Waals surface area contributed by atoms with E-state index in [4.69, 9.17) is 14.6 Å². The molecule has 1 rings (SSSR count). The second-order valence-electron chi connectivity index (χ2n) is 6.38. The maximum atomic E-state index is 11.7. The Hall–Kier alpha value is -1.85. The molecule has 0 bridgehead atoms. The predicted octanol–water partition coefficient (Wildman–Crippen LogP) is 3.51. The summed E-state index contributed by atoms with van der Waals surface area (Å²) in [6.07, 6.45) is 10.3. The SMILES string of the molecule is CCCCCCCCc1cc(OC)ccc1C=CC(=O)OCC(O)CO. The van der Waals surface area contributed by atoms with Gasteiger partial charge in [-0.1, -0.05) is 45.1 Å². The minimum atomic E-state index is -1.04. The summed E-state index contributed by atoms with van der Waals surface area (Å²) < 4.78 is 10.2. The van der Waals surface area contributed by atoms with Crippen LogP contribution in [0.2, 0.25) is 0 Å². The molecule has 0 amide bonds. The molecule has 1 aromatic carbocycles. The lowest BCUT2D eigenvalue weighted by Gasteiger charge is -2.09. The van der Waals surface area contributed by atoms with Gasteiger partial charge in [0, 0.05) is 6.08 Å². The minimum absolute atomic E-state index is 0.215. The van der Waals surface area contributed by atoms with Crippen LogP contribution in [0.15, 0.2) is 24.3 Å². The van der Waals surface area contributed by atoms with Crippen molar-refractivity contribution >= 4 is 12.0 Å². The van der Waals surface area contributed by atoms with E-state index in [1.54, 1.807) is 13.2 Å². The number of hydrogen-bond donors (Lipinski definition) is 2. The van der Waals surface area contributed by atoms with E-state index in [-0.39, 0.29) is 6.61 Å². The highest BCUT2D eigenvalue weighted by atomic mass is 16.5. The Morgan fingerprint density at radius 1 is 1.19 bits per heavy atom. The molecular formula is C21H32O5. The zero-order valence-electron chi connectivity index (χ0n) is 15.9. The van der Waals surface area contributed by atoms with Crippen molar-refractivity contribution in [2.24, 2.45) is 0 Å². The molecule has 1 unspecified atom stereocenters. The molecule has 146 valence electrons. The van der Waals surface area contributed by atoms with Crippen LogP contribution in [0, 0.1) is 0 Å². The normalized spacial score (nSPS) is 12.3. The van der Waals surface area contributed by atoms with Gasteiger partial charge >= 0.3 is 5.97 Å². The average molecular weight is 364 g/mol. The van der Waals surface area contributed by atoms with Crippen molar-refractivity contribution in [1.29, 1.82) is 0 Å². The highest BCUT2D eigenvalue weighted by Crippen LogP contribution is 2.21. The fourth-order valence-electron chi connectivity index (χ4n) is 2.62. The number of esters is 1. The van der Waals surface area contributed by atoms with E-state index in [0.717, 1.165) is 29.7 Å². The van der Waals surface area contributed by atoms with Gasteiger partial charge in [-0.05, 0) is 42.2 Å². The van der Waals surface area contributed by atoms with Crippen LogP contribution in [0.25, 0.3) is 6.08 Å². The lowest BCUT2D eigenvalue weighted by atomic mass is 9.99. The number of ether oxygens (including phenoxy) is 2. The van der Waals surface area contributed by atoms with Crippen molar-refractivity contribution in [2.45, 2.75) is 58.0 Å². The monoisotopic (exact) mass is 364 g/mol. The Balaban J connectivity index is 2.62. The van der Waals surface area contributed by atoms with Crippen LogP contribution in [0.5, 0.6) is 5.75 Å². The lowest BCUT2D eigenvalue weighted by Crippen LogP contribution is -2.21. The molecule has 0 aliphatic heterocycles. The Bertz CT molecular complexity index is 553. The van der Waals surface area contributed by atoms with E-state index >= 15 is 0 Å². The molecule has 26 heavy (non-hydrogen) atoms. The molecule has 0 saturated carbocycles.